The van der Waals surface area contributed by atoms with Crippen molar-refractivity contribution in [3.05, 3.63) is 64.2 Å². The van der Waals surface area contributed by atoms with Crippen LogP contribution in [0.5, 0.6) is 5.75 Å². The fraction of sp³-hybridized carbons (Fsp3) is 0.381. The van der Waals surface area contributed by atoms with E-state index in [2.05, 4.69) is 11.4 Å². The van der Waals surface area contributed by atoms with E-state index in [1.54, 1.807) is 12.1 Å². The highest BCUT2D eigenvalue weighted by Crippen LogP contribution is 2.39. The zero-order valence-electron chi connectivity index (χ0n) is 14.5. The third kappa shape index (κ3) is 3.71. The van der Waals surface area contributed by atoms with Crippen molar-refractivity contribution in [3.63, 3.8) is 0 Å². The second-order valence-corrected chi connectivity index (χ2v) is 7.64. The Labute approximate surface area is 158 Å². The number of aliphatic hydroxyl groups excluding tert-OH is 1. The number of rotatable bonds is 5. The molecule has 4 rings (SSSR count). The van der Waals surface area contributed by atoms with Crippen LogP contribution in [0.2, 0.25) is 5.02 Å². The molecule has 0 unspecified atom stereocenters. The molecule has 0 aromatic heterocycles. The van der Waals surface area contributed by atoms with Crippen LogP contribution in [0.1, 0.15) is 35.6 Å². The lowest BCUT2D eigenvalue weighted by Crippen LogP contribution is -2.41. The van der Waals surface area contributed by atoms with Crippen LogP contribution in [0, 0.1) is 5.92 Å². The number of hydrogen-bond acceptors (Lipinski definition) is 3. The summed E-state index contributed by atoms with van der Waals surface area (Å²) in [6.45, 7) is 0.717. The molecule has 1 fully saturated rings. The van der Waals surface area contributed by atoms with Crippen molar-refractivity contribution < 1.29 is 14.6 Å². The van der Waals surface area contributed by atoms with Crippen LogP contribution in [0.4, 0.5) is 0 Å². The topological polar surface area (TPSA) is 58.6 Å². The van der Waals surface area contributed by atoms with E-state index in [0.29, 0.717) is 18.1 Å². The van der Waals surface area contributed by atoms with Gasteiger partial charge in [-0.25, -0.2) is 0 Å². The van der Waals surface area contributed by atoms with Crippen LogP contribution >= 0.6 is 11.6 Å². The fourth-order valence-corrected chi connectivity index (χ4v) is 3.91. The van der Waals surface area contributed by atoms with Crippen LogP contribution in [-0.4, -0.2) is 23.7 Å². The van der Waals surface area contributed by atoms with E-state index < -0.39 is 0 Å². The predicted octanol–water partition coefficient (Wildman–Crippen LogP) is 3.45. The number of halogens is 1. The number of aliphatic hydroxyl groups is 1. The summed E-state index contributed by atoms with van der Waals surface area (Å²) >= 11 is 5.91. The third-order valence-electron chi connectivity index (χ3n) is 5.29. The standard InChI is InChI=1S/C21H22ClNO3/c22-17-4-1-13(2-5-17)9-20(25)23-21(16-11-18(24)12-16)15-3-6-19-14(10-15)7-8-26-19/h1-6,10,16,18,21,24H,7-9,11-12H2,(H,23,25)/t16?,18?,21-/m0/s1. The number of fused-ring (bicyclic) bond motifs is 1. The average molecular weight is 372 g/mol. The highest BCUT2D eigenvalue weighted by atomic mass is 35.5. The van der Waals surface area contributed by atoms with Crippen LogP contribution in [-0.2, 0) is 17.6 Å². The molecule has 0 saturated heterocycles. The summed E-state index contributed by atoms with van der Waals surface area (Å²) in [5.41, 5.74) is 3.22. The van der Waals surface area contributed by atoms with E-state index in [1.165, 1.54) is 5.56 Å². The van der Waals surface area contributed by atoms with Crippen molar-refractivity contribution in [2.24, 2.45) is 5.92 Å². The number of amides is 1. The minimum atomic E-state index is -0.256. The summed E-state index contributed by atoms with van der Waals surface area (Å²) in [6, 6.07) is 13.4. The molecular weight excluding hydrogens is 350 g/mol. The van der Waals surface area contributed by atoms with Gasteiger partial charge in [0.1, 0.15) is 5.75 Å². The van der Waals surface area contributed by atoms with E-state index >= 15 is 0 Å². The van der Waals surface area contributed by atoms with Crippen LogP contribution in [0.15, 0.2) is 42.5 Å². The minimum absolute atomic E-state index is 0.0181. The van der Waals surface area contributed by atoms with E-state index in [0.717, 1.165) is 36.1 Å². The molecule has 2 aliphatic rings. The second kappa shape index (κ2) is 7.29. The number of ether oxygens (including phenoxy) is 1. The molecule has 1 amide bonds. The first kappa shape index (κ1) is 17.4. The van der Waals surface area contributed by atoms with E-state index in [4.69, 9.17) is 16.3 Å². The van der Waals surface area contributed by atoms with Gasteiger partial charge in [-0.15, -0.1) is 0 Å². The Hall–Kier alpha value is -2.04. The SMILES string of the molecule is O=C(Cc1ccc(Cl)cc1)N[C@@H](c1ccc2c(c1)CCO2)C1CC(O)C1. The van der Waals surface area contributed by atoms with Gasteiger partial charge in [0.25, 0.3) is 0 Å². The molecule has 1 saturated carbocycles. The maximum absolute atomic E-state index is 12.6. The van der Waals surface area contributed by atoms with Crippen molar-refractivity contribution >= 4 is 17.5 Å². The van der Waals surface area contributed by atoms with Gasteiger partial charge in [0.05, 0.1) is 25.2 Å². The molecular formula is C21H22ClNO3. The predicted molar refractivity (Wildman–Crippen MR) is 100 cm³/mol. The molecule has 0 bridgehead atoms. The van der Waals surface area contributed by atoms with Gasteiger partial charge in [-0.3, -0.25) is 4.79 Å². The van der Waals surface area contributed by atoms with Gasteiger partial charge in [-0.2, -0.15) is 0 Å². The Balaban J connectivity index is 1.50. The molecule has 2 aromatic rings. The third-order valence-corrected chi connectivity index (χ3v) is 5.54. The minimum Gasteiger partial charge on any atom is -0.493 e. The molecule has 1 aliphatic heterocycles. The van der Waals surface area contributed by atoms with E-state index in [-0.39, 0.29) is 24.0 Å². The van der Waals surface area contributed by atoms with Crippen LogP contribution in [0.25, 0.3) is 0 Å². The van der Waals surface area contributed by atoms with Crippen molar-refractivity contribution in [2.75, 3.05) is 6.61 Å². The highest BCUT2D eigenvalue weighted by Gasteiger charge is 2.36. The fourth-order valence-electron chi connectivity index (χ4n) is 3.79. The van der Waals surface area contributed by atoms with Gasteiger partial charge < -0.3 is 15.2 Å². The number of carbonyl (C=O) groups excluding carboxylic acids is 1. The van der Waals surface area contributed by atoms with Crippen molar-refractivity contribution in [1.29, 1.82) is 0 Å². The maximum Gasteiger partial charge on any atom is 0.224 e. The smallest absolute Gasteiger partial charge is 0.224 e. The molecule has 2 aromatic carbocycles. The molecule has 5 heteroatoms. The van der Waals surface area contributed by atoms with Gasteiger partial charge in [-0.1, -0.05) is 29.8 Å². The maximum atomic E-state index is 12.6. The lowest BCUT2D eigenvalue weighted by molar-refractivity contribution is -0.122. The lowest BCUT2D eigenvalue weighted by Gasteiger charge is -2.38. The number of carbonyl (C=O) groups is 1. The Morgan fingerprint density at radius 2 is 2.00 bits per heavy atom. The highest BCUT2D eigenvalue weighted by molar-refractivity contribution is 6.30. The second-order valence-electron chi connectivity index (χ2n) is 7.20. The number of nitrogens with one attached hydrogen (secondary N) is 1. The summed E-state index contributed by atoms with van der Waals surface area (Å²) in [5.74, 6) is 1.18. The van der Waals surface area contributed by atoms with Crippen molar-refractivity contribution in [2.45, 2.75) is 37.8 Å². The summed E-state index contributed by atoms with van der Waals surface area (Å²) < 4.78 is 5.58. The van der Waals surface area contributed by atoms with Crippen LogP contribution in [0.3, 0.4) is 0 Å². The zero-order valence-corrected chi connectivity index (χ0v) is 15.2. The summed E-state index contributed by atoms with van der Waals surface area (Å²) in [6.07, 6.45) is 2.41. The van der Waals surface area contributed by atoms with Gasteiger partial charge in [0.2, 0.25) is 5.91 Å². The van der Waals surface area contributed by atoms with Gasteiger partial charge in [-0.05, 0) is 59.7 Å². The molecule has 0 radical (unpaired) electrons. The van der Waals surface area contributed by atoms with Gasteiger partial charge in [0, 0.05) is 11.4 Å². The first-order valence-electron chi connectivity index (χ1n) is 9.06. The lowest BCUT2D eigenvalue weighted by atomic mass is 9.74. The Morgan fingerprint density at radius 1 is 1.23 bits per heavy atom. The quantitative estimate of drug-likeness (QED) is 0.846. The molecule has 0 spiro atoms. The first-order chi connectivity index (χ1) is 12.6. The number of benzene rings is 2. The number of hydrogen-bond donors (Lipinski definition) is 2. The van der Waals surface area contributed by atoms with Crippen molar-refractivity contribution in [1.82, 2.24) is 5.32 Å². The average Bonchev–Trinajstić information content (AvgIpc) is 3.07. The van der Waals surface area contributed by atoms with Gasteiger partial charge in [0.15, 0.2) is 0 Å². The van der Waals surface area contributed by atoms with E-state index in [1.807, 2.05) is 24.3 Å². The van der Waals surface area contributed by atoms with Gasteiger partial charge >= 0.3 is 0 Å². The Bertz CT molecular complexity index is 799. The van der Waals surface area contributed by atoms with E-state index in [9.17, 15) is 9.90 Å². The molecule has 26 heavy (non-hydrogen) atoms. The largest absolute Gasteiger partial charge is 0.493 e. The summed E-state index contributed by atoms with van der Waals surface area (Å²) in [7, 11) is 0. The molecule has 4 nitrogen and oxygen atoms in total. The molecule has 1 heterocycles. The van der Waals surface area contributed by atoms with Crippen LogP contribution < -0.4 is 10.1 Å². The zero-order chi connectivity index (χ0) is 18.1. The summed E-state index contributed by atoms with van der Waals surface area (Å²) in [4.78, 5) is 12.6. The molecule has 1 atom stereocenters. The molecule has 1 aliphatic carbocycles. The van der Waals surface area contributed by atoms with Crippen molar-refractivity contribution in [3.8, 4) is 5.75 Å². The Kier molecular flexibility index (Phi) is 4.88. The normalized spacial score (nSPS) is 22.1. The summed E-state index contributed by atoms with van der Waals surface area (Å²) in [5, 5.41) is 13.6. The molecule has 136 valence electrons. The Morgan fingerprint density at radius 3 is 2.73 bits per heavy atom. The monoisotopic (exact) mass is 371 g/mol. The first-order valence-corrected chi connectivity index (χ1v) is 9.44. The molecule has 2 N–H and O–H groups in total.